The van der Waals surface area contributed by atoms with Crippen LogP contribution >= 0.6 is 0 Å². The van der Waals surface area contributed by atoms with E-state index in [0.717, 1.165) is 53.8 Å². The average molecular weight is 485 g/mol. The Morgan fingerprint density at radius 2 is 1.83 bits per heavy atom. The Labute approximate surface area is 210 Å². The minimum Gasteiger partial charge on any atom is -0.349 e. The van der Waals surface area contributed by atoms with Crippen LogP contribution in [0.4, 0.5) is 0 Å². The van der Waals surface area contributed by atoms with Crippen LogP contribution in [0.2, 0.25) is 0 Å². The van der Waals surface area contributed by atoms with Gasteiger partial charge in [0.05, 0.1) is 6.04 Å². The standard InChI is InChI=1S/C27H32N8O/c1-2-3-17-28-27(36)26-29-24(35(32-26)21-9-5-4-6-10-21)18-19-13-15-20(16-14-19)22-11-7-8-12-23(22)25-30-33-34-31-25/h7-8,11-16,21H,2-6,9-10,17-18H2,1H3,(H,28,36)(H,30,31,33,34). The van der Waals surface area contributed by atoms with Crippen LogP contribution in [0.15, 0.2) is 48.5 Å². The van der Waals surface area contributed by atoms with Crippen LogP contribution < -0.4 is 5.32 Å². The molecule has 9 nitrogen and oxygen atoms in total. The van der Waals surface area contributed by atoms with E-state index in [1.54, 1.807) is 0 Å². The number of rotatable bonds is 9. The normalized spacial score (nSPS) is 14.1. The van der Waals surface area contributed by atoms with E-state index < -0.39 is 0 Å². The number of nitrogens with zero attached hydrogens (tertiary/aromatic N) is 6. The van der Waals surface area contributed by atoms with E-state index in [-0.39, 0.29) is 11.7 Å². The third-order valence-electron chi connectivity index (χ3n) is 6.80. The van der Waals surface area contributed by atoms with Gasteiger partial charge in [-0.3, -0.25) is 4.79 Å². The maximum atomic E-state index is 12.7. The largest absolute Gasteiger partial charge is 0.349 e. The Morgan fingerprint density at radius 3 is 2.56 bits per heavy atom. The van der Waals surface area contributed by atoms with Gasteiger partial charge in [-0.1, -0.05) is 81.1 Å². The highest BCUT2D eigenvalue weighted by Gasteiger charge is 2.23. The summed E-state index contributed by atoms with van der Waals surface area (Å²) in [5.74, 6) is 1.58. The molecule has 0 unspecified atom stereocenters. The second-order valence-corrected chi connectivity index (χ2v) is 9.37. The lowest BCUT2D eigenvalue weighted by Gasteiger charge is -2.23. The van der Waals surface area contributed by atoms with Gasteiger partial charge in [0.2, 0.25) is 5.82 Å². The Hall–Kier alpha value is -3.88. The lowest BCUT2D eigenvalue weighted by molar-refractivity contribution is 0.0942. The van der Waals surface area contributed by atoms with Gasteiger partial charge in [0.25, 0.3) is 5.91 Å². The van der Waals surface area contributed by atoms with Crippen molar-refractivity contribution in [3.63, 3.8) is 0 Å². The predicted octanol–water partition coefficient (Wildman–Crippen LogP) is 4.75. The molecule has 1 amide bonds. The van der Waals surface area contributed by atoms with Gasteiger partial charge in [0.15, 0.2) is 5.82 Å². The number of aromatic nitrogens is 7. The first kappa shape index (κ1) is 23.8. The predicted molar refractivity (Wildman–Crippen MR) is 137 cm³/mol. The number of unbranched alkanes of at least 4 members (excludes halogenated alkanes) is 1. The number of H-pyrrole nitrogens is 1. The lowest BCUT2D eigenvalue weighted by atomic mass is 9.95. The minimum absolute atomic E-state index is 0.187. The van der Waals surface area contributed by atoms with E-state index >= 15 is 0 Å². The van der Waals surface area contributed by atoms with Gasteiger partial charge in [-0.25, -0.2) is 14.8 Å². The molecule has 1 fully saturated rings. The molecule has 0 aliphatic heterocycles. The highest BCUT2D eigenvalue weighted by Crippen LogP contribution is 2.31. The number of aromatic amines is 1. The highest BCUT2D eigenvalue weighted by atomic mass is 16.2. The fourth-order valence-corrected chi connectivity index (χ4v) is 4.85. The van der Waals surface area contributed by atoms with Gasteiger partial charge in [-0.05, 0) is 46.4 Å². The van der Waals surface area contributed by atoms with E-state index in [2.05, 4.69) is 68.3 Å². The first-order valence-electron chi connectivity index (χ1n) is 12.9. The van der Waals surface area contributed by atoms with Crippen molar-refractivity contribution < 1.29 is 4.79 Å². The second kappa shape index (κ2) is 11.2. The molecule has 5 rings (SSSR count). The Balaban J connectivity index is 1.39. The summed E-state index contributed by atoms with van der Waals surface area (Å²) in [6, 6.07) is 16.8. The summed E-state index contributed by atoms with van der Waals surface area (Å²) >= 11 is 0. The van der Waals surface area contributed by atoms with Gasteiger partial charge >= 0.3 is 0 Å². The molecule has 0 bridgehead atoms. The zero-order valence-corrected chi connectivity index (χ0v) is 20.7. The topological polar surface area (TPSA) is 114 Å². The van der Waals surface area contributed by atoms with Crippen molar-refractivity contribution >= 4 is 5.91 Å². The molecule has 2 aromatic carbocycles. The average Bonchev–Trinajstić information content (AvgIpc) is 3.61. The number of carbonyl (C=O) groups is 1. The van der Waals surface area contributed by atoms with E-state index in [1.807, 2.05) is 22.9 Å². The number of hydrogen-bond donors (Lipinski definition) is 2. The van der Waals surface area contributed by atoms with Gasteiger partial charge in [-0.15, -0.1) is 10.2 Å². The summed E-state index contributed by atoms with van der Waals surface area (Å²) in [5.41, 5.74) is 4.21. The maximum Gasteiger partial charge on any atom is 0.290 e. The summed E-state index contributed by atoms with van der Waals surface area (Å²) in [7, 11) is 0. The SMILES string of the molecule is CCCCNC(=O)c1nc(Cc2ccc(-c3ccccc3-c3nnn[nH]3)cc2)n(C2CCCCC2)n1. The molecule has 0 spiro atoms. The van der Waals surface area contributed by atoms with E-state index in [9.17, 15) is 4.79 Å². The molecule has 2 N–H and O–H groups in total. The molecule has 0 saturated heterocycles. The summed E-state index contributed by atoms with van der Waals surface area (Å²) < 4.78 is 2.02. The lowest BCUT2D eigenvalue weighted by Crippen LogP contribution is -2.26. The van der Waals surface area contributed by atoms with Crippen molar-refractivity contribution in [2.45, 2.75) is 64.3 Å². The maximum absolute atomic E-state index is 12.7. The molecule has 4 aromatic rings. The molecular weight excluding hydrogens is 452 g/mol. The number of nitrogens with one attached hydrogen (secondary N) is 2. The number of tetrazole rings is 1. The van der Waals surface area contributed by atoms with Crippen molar-refractivity contribution in [1.29, 1.82) is 0 Å². The Kier molecular flexibility index (Phi) is 7.44. The zero-order chi connectivity index (χ0) is 24.7. The Morgan fingerprint density at radius 1 is 1.06 bits per heavy atom. The summed E-state index contributed by atoms with van der Waals surface area (Å²) in [6.45, 7) is 2.76. The summed E-state index contributed by atoms with van der Waals surface area (Å²) in [4.78, 5) is 17.4. The van der Waals surface area contributed by atoms with Crippen LogP contribution in [0.25, 0.3) is 22.5 Å². The molecule has 2 aromatic heterocycles. The molecule has 1 saturated carbocycles. The first-order chi connectivity index (χ1) is 17.7. The Bertz CT molecular complexity index is 1270. The van der Waals surface area contributed by atoms with Gasteiger partial charge in [0, 0.05) is 18.5 Å². The highest BCUT2D eigenvalue weighted by molar-refractivity contribution is 5.90. The summed E-state index contributed by atoms with van der Waals surface area (Å²) in [5, 5.41) is 22.0. The van der Waals surface area contributed by atoms with Crippen molar-refractivity contribution in [3.8, 4) is 22.5 Å². The molecule has 2 heterocycles. The zero-order valence-electron chi connectivity index (χ0n) is 20.7. The van der Waals surface area contributed by atoms with Gasteiger partial charge < -0.3 is 5.32 Å². The van der Waals surface area contributed by atoms with Crippen molar-refractivity contribution in [1.82, 2.24) is 40.7 Å². The fraction of sp³-hybridized carbons (Fsp3) is 0.407. The molecule has 9 heteroatoms. The minimum atomic E-state index is -0.187. The second-order valence-electron chi connectivity index (χ2n) is 9.37. The molecule has 186 valence electrons. The van der Waals surface area contributed by atoms with E-state index in [0.29, 0.717) is 24.8 Å². The van der Waals surface area contributed by atoms with Crippen LogP contribution in [0.1, 0.15) is 79.9 Å². The monoisotopic (exact) mass is 484 g/mol. The smallest absolute Gasteiger partial charge is 0.290 e. The molecule has 1 aliphatic rings. The van der Waals surface area contributed by atoms with Crippen LogP contribution in [0.5, 0.6) is 0 Å². The number of amides is 1. The number of hydrogen-bond acceptors (Lipinski definition) is 6. The molecule has 36 heavy (non-hydrogen) atoms. The molecule has 1 aliphatic carbocycles. The number of benzene rings is 2. The number of carbonyl (C=O) groups excluding carboxylic acids is 1. The molecule has 0 atom stereocenters. The third kappa shape index (κ3) is 5.35. The first-order valence-corrected chi connectivity index (χ1v) is 12.9. The van der Waals surface area contributed by atoms with Gasteiger partial charge in [0.1, 0.15) is 5.82 Å². The van der Waals surface area contributed by atoms with Crippen LogP contribution in [-0.2, 0) is 6.42 Å². The van der Waals surface area contributed by atoms with Crippen LogP contribution in [-0.4, -0.2) is 47.8 Å². The summed E-state index contributed by atoms with van der Waals surface area (Å²) in [6.07, 6.45) is 8.42. The van der Waals surface area contributed by atoms with E-state index in [1.165, 1.54) is 19.3 Å². The van der Waals surface area contributed by atoms with Crippen LogP contribution in [0.3, 0.4) is 0 Å². The molecule has 0 radical (unpaired) electrons. The van der Waals surface area contributed by atoms with Crippen molar-refractivity contribution in [2.75, 3.05) is 6.54 Å². The third-order valence-corrected chi connectivity index (χ3v) is 6.80. The van der Waals surface area contributed by atoms with Gasteiger partial charge in [-0.2, -0.15) is 0 Å². The van der Waals surface area contributed by atoms with Crippen molar-refractivity contribution in [2.24, 2.45) is 0 Å². The molecular formula is C27H32N8O. The fourth-order valence-electron chi connectivity index (χ4n) is 4.85. The van der Waals surface area contributed by atoms with E-state index in [4.69, 9.17) is 4.98 Å². The van der Waals surface area contributed by atoms with Crippen molar-refractivity contribution in [3.05, 3.63) is 65.7 Å². The quantitative estimate of drug-likeness (QED) is 0.331. The van der Waals surface area contributed by atoms with Crippen LogP contribution in [0, 0.1) is 0 Å².